The van der Waals surface area contributed by atoms with Crippen LogP contribution in [0.1, 0.15) is 36.5 Å². The Morgan fingerprint density at radius 1 is 1.35 bits per heavy atom. The summed E-state index contributed by atoms with van der Waals surface area (Å²) in [6, 6.07) is 6.72. The van der Waals surface area contributed by atoms with Gasteiger partial charge >= 0.3 is 0 Å². The first kappa shape index (κ1) is 22.7. The van der Waals surface area contributed by atoms with Gasteiger partial charge in [-0.05, 0) is 43.5 Å². The average molecular weight is 447 g/mol. The van der Waals surface area contributed by atoms with Gasteiger partial charge in [0.05, 0.1) is 36.5 Å². The Labute approximate surface area is 186 Å². The lowest BCUT2D eigenvalue weighted by Gasteiger charge is -2.32. The summed E-state index contributed by atoms with van der Waals surface area (Å²) in [5.41, 5.74) is 6.33. The monoisotopic (exact) mass is 446 g/mol. The lowest BCUT2D eigenvalue weighted by molar-refractivity contribution is -0.122. The van der Waals surface area contributed by atoms with Crippen LogP contribution in [0.4, 0.5) is 11.5 Å². The molecule has 0 bridgehead atoms. The molecular formula is C22H27ClN4O4. The molecule has 1 aromatic heterocycles. The van der Waals surface area contributed by atoms with E-state index in [1.54, 1.807) is 24.4 Å². The van der Waals surface area contributed by atoms with E-state index in [0.717, 1.165) is 31.6 Å². The first-order valence-electron chi connectivity index (χ1n) is 10.2. The van der Waals surface area contributed by atoms with Crippen molar-refractivity contribution < 1.29 is 19.1 Å². The maximum Gasteiger partial charge on any atom is 0.255 e. The normalized spacial score (nSPS) is 16.0. The van der Waals surface area contributed by atoms with Gasteiger partial charge in [-0.3, -0.25) is 9.59 Å². The van der Waals surface area contributed by atoms with Gasteiger partial charge < -0.3 is 25.4 Å². The third-order valence-corrected chi connectivity index (χ3v) is 5.38. The maximum absolute atomic E-state index is 12.7. The fraction of sp³-hybridized carbons (Fsp3) is 0.409. The van der Waals surface area contributed by atoms with Crippen LogP contribution in [0.15, 0.2) is 30.5 Å². The van der Waals surface area contributed by atoms with Crippen LogP contribution in [-0.4, -0.2) is 43.6 Å². The molecule has 0 saturated carbocycles. The van der Waals surface area contributed by atoms with Crippen molar-refractivity contribution in [2.45, 2.75) is 26.2 Å². The highest BCUT2D eigenvalue weighted by molar-refractivity contribution is 6.32. The Morgan fingerprint density at radius 2 is 2.16 bits per heavy atom. The minimum absolute atomic E-state index is 0.168. The second kappa shape index (κ2) is 10.3. The van der Waals surface area contributed by atoms with Crippen molar-refractivity contribution in [3.05, 3.63) is 41.0 Å². The van der Waals surface area contributed by atoms with Crippen LogP contribution in [0, 0.1) is 5.92 Å². The Hall–Kier alpha value is -3.00. The number of primary amides is 1. The molecule has 1 aliphatic rings. The number of nitrogens with zero attached hydrogens (tertiary/aromatic N) is 2. The molecule has 0 radical (unpaired) electrons. The number of ether oxygens (including phenoxy) is 2. The van der Waals surface area contributed by atoms with Crippen LogP contribution in [-0.2, 0) is 4.79 Å². The van der Waals surface area contributed by atoms with Crippen molar-refractivity contribution in [3.8, 4) is 11.5 Å². The van der Waals surface area contributed by atoms with Crippen LogP contribution >= 0.6 is 11.6 Å². The lowest BCUT2D eigenvalue weighted by Crippen LogP contribution is -2.41. The van der Waals surface area contributed by atoms with E-state index in [9.17, 15) is 9.59 Å². The fourth-order valence-electron chi connectivity index (χ4n) is 3.46. The minimum Gasteiger partial charge on any atom is -0.493 e. The average Bonchev–Trinajstić information content (AvgIpc) is 2.78. The van der Waals surface area contributed by atoms with E-state index in [2.05, 4.69) is 10.3 Å². The summed E-state index contributed by atoms with van der Waals surface area (Å²) in [5.74, 6) is 0.764. The van der Waals surface area contributed by atoms with E-state index in [-0.39, 0.29) is 17.7 Å². The summed E-state index contributed by atoms with van der Waals surface area (Å²) in [5, 5.41) is 3.11. The van der Waals surface area contributed by atoms with Gasteiger partial charge in [0.2, 0.25) is 5.91 Å². The zero-order valence-electron chi connectivity index (χ0n) is 17.7. The standard InChI is InChI=1S/C22H27ClN4O4/c1-3-9-31-20-17(23)10-15(11-18(20)30-2)22(29)26-16-6-7-19(25-12-16)27-8-4-5-14(13-27)21(24)28/h6-7,10-12,14H,3-5,8-9,13H2,1-2H3,(H2,24,28)(H,26,29). The van der Waals surface area contributed by atoms with Crippen LogP contribution < -0.4 is 25.4 Å². The number of hydrogen-bond donors (Lipinski definition) is 2. The minimum atomic E-state index is -0.344. The van der Waals surface area contributed by atoms with E-state index in [1.165, 1.54) is 7.11 Å². The van der Waals surface area contributed by atoms with Gasteiger partial charge in [0.15, 0.2) is 11.5 Å². The molecule has 31 heavy (non-hydrogen) atoms. The van der Waals surface area contributed by atoms with Gasteiger partial charge in [0, 0.05) is 18.7 Å². The maximum atomic E-state index is 12.7. The SMILES string of the molecule is CCCOc1c(Cl)cc(C(=O)Nc2ccc(N3CCCC(C(N)=O)C3)nc2)cc1OC. The van der Waals surface area contributed by atoms with Crippen molar-refractivity contribution in [1.29, 1.82) is 0 Å². The fourth-order valence-corrected chi connectivity index (χ4v) is 3.73. The van der Waals surface area contributed by atoms with Crippen molar-refractivity contribution in [1.82, 2.24) is 4.98 Å². The highest BCUT2D eigenvalue weighted by atomic mass is 35.5. The quantitative estimate of drug-likeness (QED) is 0.642. The summed E-state index contributed by atoms with van der Waals surface area (Å²) < 4.78 is 11.0. The molecule has 1 aromatic carbocycles. The molecule has 1 unspecified atom stereocenters. The summed E-state index contributed by atoms with van der Waals surface area (Å²) in [4.78, 5) is 30.7. The van der Waals surface area contributed by atoms with Gasteiger partial charge in [0.25, 0.3) is 5.91 Å². The number of benzene rings is 1. The first-order valence-corrected chi connectivity index (χ1v) is 10.6. The molecule has 9 heteroatoms. The Kier molecular flexibility index (Phi) is 7.57. The van der Waals surface area contributed by atoms with Gasteiger partial charge in [0.1, 0.15) is 5.82 Å². The zero-order chi connectivity index (χ0) is 22.4. The molecule has 0 spiro atoms. The molecule has 1 saturated heterocycles. The van der Waals surface area contributed by atoms with Crippen LogP contribution in [0.25, 0.3) is 0 Å². The van der Waals surface area contributed by atoms with Gasteiger partial charge in [-0.2, -0.15) is 0 Å². The van der Waals surface area contributed by atoms with Crippen molar-refractivity contribution in [2.75, 3.05) is 37.0 Å². The first-order chi connectivity index (χ1) is 14.9. The molecule has 2 amide bonds. The largest absolute Gasteiger partial charge is 0.493 e. The third kappa shape index (κ3) is 5.58. The molecule has 166 valence electrons. The van der Waals surface area contributed by atoms with E-state index >= 15 is 0 Å². The number of rotatable bonds is 8. The molecule has 1 atom stereocenters. The number of piperidine rings is 1. The molecular weight excluding hydrogens is 420 g/mol. The second-order valence-corrected chi connectivity index (χ2v) is 7.79. The van der Waals surface area contributed by atoms with Crippen molar-refractivity contribution in [3.63, 3.8) is 0 Å². The molecule has 2 heterocycles. The molecule has 1 aliphatic heterocycles. The molecule has 8 nitrogen and oxygen atoms in total. The third-order valence-electron chi connectivity index (χ3n) is 5.10. The van der Waals surface area contributed by atoms with E-state index in [0.29, 0.717) is 40.9 Å². The number of halogens is 1. The summed E-state index contributed by atoms with van der Waals surface area (Å²) in [7, 11) is 1.50. The summed E-state index contributed by atoms with van der Waals surface area (Å²) in [6.45, 7) is 3.85. The Balaban J connectivity index is 1.69. The van der Waals surface area contributed by atoms with E-state index < -0.39 is 0 Å². The number of anilines is 2. The molecule has 3 rings (SSSR count). The molecule has 3 N–H and O–H groups in total. The van der Waals surface area contributed by atoms with Crippen molar-refractivity contribution >= 4 is 34.9 Å². The molecule has 0 aliphatic carbocycles. The van der Waals surface area contributed by atoms with Gasteiger partial charge in [-0.1, -0.05) is 18.5 Å². The Morgan fingerprint density at radius 3 is 2.81 bits per heavy atom. The Bertz CT molecular complexity index is 936. The number of aromatic nitrogens is 1. The molecule has 2 aromatic rings. The second-order valence-electron chi connectivity index (χ2n) is 7.38. The highest BCUT2D eigenvalue weighted by Crippen LogP contribution is 2.36. The smallest absolute Gasteiger partial charge is 0.255 e. The number of pyridine rings is 1. The predicted molar refractivity (Wildman–Crippen MR) is 120 cm³/mol. The zero-order valence-corrected chi connectivity index (χ0v) is 18.4. The lowest BCUT2D eigenvalue weighted by atomic mass is 9.97. The number of carbonyl (C=O) groups excluding carboxylic acids is 2. The predicted octanol–water partition coefficient (Wildman–Crippen LogP) is 3.49. The van der Waals surface area contributed by atoms with Crippen LogP contribution in [0.5, 0.6) is 11.5 Å². The van der Waals surface area contributed by atoms with E-state index in [1.807, 2.05) is 17.9 Å². The number of amides is 2. The highest BCUT2D eigenvalue weighted by Gasteiger charge is 2.24. The number of carbonyl (C=O) groups is 2. The number of nitrogens with one attached hydrogen (secondary N) is 1. The topological polar surface area (TPSA) is 107 Å². The summed E-state index contributed by atoms with van der Waals surface area (Å²) >= 11 is 6.30. The number of methoxy groups -OCH3 is 1. The number of nitrogens with two attached hydrogens (primary N) is 1. The van der Waals surface area contributed by atoms with Gasteiger partial charge in [-0.25, -0.2) is 4.98 Å². The van der Waals surface area contributed by atoms with Crippen LogP contribution in [0.3, 0.4) is 0 Å². The van der Waals surface area contributed by atoms with Crippen molar-refractivity contribution in [2.24, 2.45) is 11.7 Å². The van der Waals surface area contributed by atoms with E-state index in [4.69, 9.17) is 26.8 Å². The molecule has 1 fully saturated rings. The summed E-state index contributed by atoms with van der Waals surface area (Å²) in [6.07, 6.45) is 4.09. The van der Waals surface area contributed by atoms with Gasteiger partial charge in [-0.15, -0.1) is 0 Å². The van der Waals surface area contributed by atoms with Crippen LogP contribution in [0.2, 0.25) is 5.02 Å². The number of hydrogen-bond acceptors (Lipinski definition) is 6.